The van der Waals surface area contributed by atoms with Crippen LogP contribution < -0.4 is 11.1 Å². The van der Waals surface area contributed by atoms with Crippen LogP contribution in [0.3, 0.4) is 0 Å². The SMILES string of the molecule is NC(=O)NC(=O)CCSc1ccc(F)cc1. The summed E-state index contributed by atoms with van der Waals surface area (Å²) in [5.74, 6) is -0.206. The molecule has 0 saturated carbocycles. The van der Waals surface area contributed by atoms with Gasteiger partial charge in [0.2, 0.25) is 5.91 Å². The van der Waals surface area contributed by atoms with Crippen molar-refractivity contribution in [1.82, 2.24) is 5.32 Å². The molecule has 0 atom stereocenters. The molecule has 16 heavy (non-hydrogen) atoms. The summed E-state index contributed by atoms with van der Waals surface area (Å²) in [6.45, 7) is 0. The minimum Gasteiger partial charge on any atom is -0.351 e. The lowest BCUT2D eigenvalue weighted by molar-refractivity contribution is -0.119. The first-order valence-corrected chi connectivity index (χ1v) is 5.54. The van der Waals surface area contributed by atoms with Gasteiger partial charge in [-0.1, -0.05) is 0 Å². The first-order valence-electron chi connectivity index (χ1n) is 4.55. The van der Waals surface area contributed by atoms with Crippen LogP contribution in [-0.2, 0) is 4.79 Å². The van der Waals surface area contributed by atoms with Gasteiger partial charge in [0.25, 0.3) is 0 Å². The topological polar surface area (TPSA) is 72.2 Å². The third-order valence-corrected chi connectivity index (χ3v) is 2.69. The molecule has 0 aromatic heterocycles. The lowest BCUT2D eigenvalue weighted by Gasteiger charge is -2.01. The molecule has 3 amide bonds. The van der Waals surface area contributed by atoms with E-state index in [4.69, 9.17) is 5.73 Å². The molecule has 86 valence electrons. The number of rotatable bonds is 4. The fraction of sp³-hybridized carbons (Fsp3) is 0.200. The van der Waals surface area contributed by atoms with Crippen molar-refractivity contribution in [3.63, 3.8) is 0 Å². The quantitative estimate of drug-likeness (QED) is 0.786. The Balaban J connectivity index is 2.28. The smallest absolute Gasteiger partial charge is 0.318 e. The van der Waals surface area contributed by atoms with Gasteiger partial charge < -0.3 is 5.73 Å². The van der Waals surface area contributed by atoms with E-state index in [1.54, 1.807) is 12.1 Å². The highest BCUT2D eigenvalue weighted by molar-refractivity contribution is 7.99. The van der Waals surface area contributed by atoms with Crippen molar-refractivity contribution < 1.29 is 14.0 Å². The van der Waals surface area contributed by atoms with Crippen molar-refractivity contribution in [2.24, 2.45) is 5.73 Å². The third-order valence-electron chi connectivity index (χ3n) is 1.67. The second-order valence-electron chi connectivity index (χ2n) is 2.96. The summed E-state index contributed by atoms with van der Waals surface area (Å²) in [4.78, 5) is 22.2. The zero-order chi connectivity index (χ0) is 12.0. The second kappa shape index (κ2) is 6.12. The van der Waals surface area contributed by atoms with E-state index in [0.29, 0.717) is 5.75 Å². The molecular weight excluding hydrogens is 231 g/mol. The van der Waals surface area contributed by atoms with Crippen LogP contribution in [0.5, 0.6) is 0 Å². The molecule has 6 heteroatoms. The van der Waals surface area contributed by atoms with E-state index in [1.807, 2.05) is 5.32 Å². The predicted octanol–water partition coefficient (Wildman–Crippen LogP) is 1.50. The molecule has 1 aromatic rings. The van der Waals surface area contributed by atoms with Gasteiger partial charge in [-0.3, -0.25) is 10.1 Å². The van der Waals surface area contributed by atoms with Crippen molar-refractivity contribution in [2.75, 3.05) is 5.75 Å². The molecule has 1 rings (SSSR count). The molecule has 0 fully saturated rings. The van der Waals surface area contributed by atoms with Crippen LogP contribution in [0.4, 0.5) is 9.18 Å². The first kappa shape index (κ1) is 12.5. The molecule has 4 nitrogen and oxygen atoms in total. The maximum atomic E-state index is 12.6. The lowest BCUT2D eigenvalue weighted by Crippen LogP contribution is -2.35. The fourth-order valence-electron chi connectivity index (χ4n) is 0.992. The Morgan fingerprint density at radius 1 is 1.31 bits per heavy atom. The number of hydrogen-bond acceptors (Lipinski definition) is 3. The number of carbonyl (C=O) groups is 2. The molecule has 1 aromatic carbocycles. The van der Waals surface area contributed by atoms with E-state index in [0.717, 1.165) is 4.90 Å². The Morgan fingerprint density at radius 3 is 2.50 bits per heavy atom. The van der Waals surface area contributed by atoms with Crippen molar-refractivity contribution in [2.45, 2.75) is 11.3 Å². The van der Waals surface area contributed by atoms with Crippen LogP contribution in [-0.4, -0.2) is 17.7 Å². The van der Waals surface area contributed by atoms with Crippen molar-refractivity contribution in [3.8, 4) is 0 Å². The molecule has 0 aliphatic carbocycles. The highest BCUT2D eigenvalue weighted by Gasteiger charge is 2.04. The Bertz CT molecular complexity index is 381. The molecule has 0 saturated heterocycles. The van der Waals surface area contributed by atoms with Gasteiger partial charge in [-0.05, 0) is 24.3 Å². The van der Waals surface area contributed by atoms with Crippen LogP contribution >= 0.6 is 11.8 Å². The molecule has 0 aliphatic rings. The average Bonchev–Trinajstić information content (AvgIpc) is 2.20. The second-order valence-corrected chi connectivity index (χ2v) is 4.13. The Morgan fingerprint density at radius 2 is 1.94 bits per heavy atom. The van der Waals surface area contributed by atoms with Gasteiger partial charge in [-0.15, -0.1) is 11.8 Å². The van der Waals surface area contributed by atoms with E-state index < -0.39 is 11.9 Å². The minimum atomic E-state index is -0.850. The van der Waals surface area contributed by atoms with E-state index in [9.17, 15) is 14.0 Å². The number of nitrogens with one attached hydrogen (secondary N) is 1. The highest BCUT2D eigenvalue weighted by Crippen LogP contribution is 2.18. The van der Waals surface area contributed by atoms with Gasteiger partial charge in [0.15, 0.2) is 0 Å². The lowest BCUT2D eigenvalue weighted by atomic mass is 10.4. The van der Waals surface area contributed by atoms with E-state index >= 15 is 0 Å². The number of amides is 3. The van der Waals surface area contributed by atoms with Gasteiger partial charge in [0.1, 0.15) is 5.82 Å². The molecule has 3 N–H and O–H groups in total. The summed E-state index contributed by atoms with van der Waals surface area (Å²) in [6.07, 6.45) is 0.185. The molecule has 0 bridgehead atoms. The summed E-state index contributed by atoms with van der Waals surface area (Å²) < 4.78 is 12.6. The van der Waals surface area contributed by atoms with E-state index in [-0.39, 0.29) is 12.2 Å². The maximum absolute atomic E-state index is 12.6. The van der Waals surface area contributed by atoms with Gasteiger partial charge in [0.05, 0.1) is 0 Å². The zero-order valence-corrected chi connectivity index (χ0v) is 9.22. The van der Waals surface area contributed by atoms with Gasteiger partial charge in [-0.25, -0.2) is 9.18 Å². The molecule has 0 heterocycles. The number of benzene rings is 1. The summed E-state index contributed by atoms with van der Waals surface area (Å²) >= 11 is 1.40. The zero-order valence-electron chi connectivity index (χ0n) is 8.40. The van der Waals surface area contributed by atoms with Gasteiger partial charge >= 0.3 is 6.03 Å². The van der Waals surface area contributed by atoms with Crippen molar-refractivity contribution >= 4 is 23.7 Å². The number of thioether (sulfide) groups is 1. The van der Waals surface area contributed by atoms with Crippen LogP contribution in [0.2, 0.25) is 0 Å². The summed E-state index contributed by atoms with van der Waals surface area (Å²) in [7, 11) is 0. The number of imide groups is 1. The highest BCUT2D eigenvalue weighted by atomic mass is 32.2. The van der Waals surface area contributed by atoms with Crippen LogP contribution in [0.25, 0.3) is 0 Å². The number of hydrogen-bond donors (Lipinski definition) is 2. The Kier molecular flexibility index (Phi) is 4.78. The third kappa shape index (κ3) is 4.79. The average molecular weight is 242 g/mol. The molecule has 0 unspecified atom stereocenters. The number of primary amides is 1. The fourth-order valence-corrected chi connectivity index (χ4v) is 1.84. The van der Waals surface area contributed by atoms with Crippen LogP contribution in [0, 0.1) is 5.82 Å². The first-order chi connectivity index (χ1) is 7.58. The van der Waals surface area contributed by atoms with Crippen molar-refractivity contribution in [1.29, 1.82) is 0 Å². The number of halogens is 1. The van der Waals surface area contributed by atoms with E-state index in [2.05, 4.69) is 0 Å². The Hall–Kier alpha value is -1.56. The Labute approximate surface area is 96.4 Å². The largest absolute Gasteiger partial charge is 0.351 e. The summed E-state index contributed by atoms with van der Waals surface area (Å²) in [5, 5.41) is 1.96. The molecule has 0 radical (unpaired) electrons. The number of nitrogens with two attached hydrogens (primary N) is 1. The summed E-state index contributed by atoms with van der Waals surface area (Å²) in [5.41, 5.74) is 4.77. The normalized spacial score (nSPS) is 9.81. The van der Waals surface area contributed by atoms with Crippen molar-refractivity contribution in [3.05, 3.63) is 30.1 Å². The summed E-state index contributed by atoms with van der Waals surface area (Å²) in [6, 6.07) is 5.12. The van der Waals surface area contributed by atoms with Crippen LogP contribution in [0.1, 0.15) is 6.42 Å². The van der Waals surface area contributed by atoms with Gasteiger partial charge in [0, 0.05) is 17.1 Å². The monoisotopic (exact) mass is 242 g/mol. The van der Waals surface area contributed by atoms with Gasteiger partial charge in [-0.2, -0.15) is 0 Å². The molecule has 0 aliphatic heterocycles. The maximum Gasteiger partial charge on any atom is 0.318 e. The minimum absolute atomic E-state index is 0.185. The standard InChI is InChI=1S/C10H11FN2O2S/c11-7-1-3-8(4-2-7)16-6-5-9(14)13-10(12)15/h1-4H,5-6H2,(H3,12,13,14,15). The predicted molar refractivity (Wildman–Crippen MR) is 59.5 cm³/mol. The number of carbonyl (C=O) groups excluding carboxylic acids is 2. The number of urea groups is 1. The molecular formula is C10H11FN2O2S. The van der Waals surface area contributed by atoms with Crippen LogP contribution in [0.15, 0.2) is 29.2 Å². The molecule has 0 spiro atoms. The van der Waals surface area contributed by atoms with E-state index in [1.165, 1.54) is 23.9 Å².